The van der Waals surface area contributed by atoms with E-state index in [9.17, 15) is 9.59 Å². The fourth-order valence-corrected chi connectivity index (χ4v) is 4.25. The van der Waals surface area contributed by atoms with Gasteiger partial charge in [0.2, 0.25) is 0 Å². The van der Waals surface area contributed by atoms with Gasteiger partial charge in [-0.1, -0.05) is 24.6 Å². The number of likely N-dealkylation sites (tertiary alicyclic amines) is 1. The summed E-state index contributed by atoms with van der Waals surface area (Å²) in [5.41, 5.74) is 4.10. The van der Waals surface area contributed by atoms with E-state index in [-0.39, 0.29) is 17.9 Å². The molecular formula is C27H36N4O4. The van der Waals surface area contributed by atoms with E-state index in [1.165, 1.54) is 6.42 Å². The number of benzene rings is 2. The zero-order chi connectivity index (χ0) is 24.9. The van der Waals surface area contributed by atoms with E-state index in [2.05, 4.69) is 20.7 Å². The van der Waals surface area contributed by atoms with Gasteiger partial charge in [0.15, 0.2) is 0 Å². The Bertz CT molecular complexity index is 974. The molecular weight excluding hydrogens is 444 g/mol. The molecule has 0 bridgehead atoms. The van der Waals surface area contributed by atoms with Crippen LogP contribution >= 0.6 is 0 Å². The molecule has 2 aromatic carbocycles. The first-order valence-corrected chi connectivity index (χ1v) is 12.2. The van der Waals surface area contributed by atoms with Gasteiger partial charge in [0, 0.05) is 17.7 Å². The maximum Gasteiger partial charge on any atom is 0.257 e. The summed E-state index contributed by atoms with van der Waals surface area (Å²) in [7, 11) is 3.19. The summed E-state index contributed by atoms with van der Waals surface area (Å²) in [4.78, 5) is 27.5. The molecule has 2 N–H and O–H groups in total. The zero-order valence-electron chi connectivity index (χ0n) is 20.7. The monoisotopic (exact) mass is 480 g/mol. The number of hydrogen-bond donors (Lipinski definition) is 2. The highest BCUT2D eigenvalue weighted by Gasteiger charge is 2.26. The lowest BCUT2D eigenvalue weighted by molar-refractivity contribution is -0.127. The number of nitrogens with one attached hydrogen (secondary N) is 2. The molecule has 0 spiro atoms. The van der Waals surface area contributed by atoms with Crippen molar-refractivity contribution in [1.82, 2.24) is 15.6 Å². The van der Waals surface area contributed by atoms with Crippen LogP contribution in [0, 0.1) is 0 Å². The van der Waals surface area contributed by atoms with Gasteiger partial charge in [0.25, 0.3) is 11.8 Å². The van der Waals surface area contributed by atoms with Crippen LogP contribution in [0.3, 0.4) is 0 Å². The lowest BCUT2D eigenvalue weighted by Crippen LogP contribution is -2.47. The molecule has 35 heavy (non-hydrogen) atoms. The minimum Gasteiger partial charge on any atom is -0.497 e. The van der Waals surface area contributed by atoms with Gasteiger partial charge >= 0.3 is 0 Å². The van der Waals surface area contributed by atoms with Crippen LogP contribution in [0.4, 0.5) is 0 Å². The van der Waals surface area contributed by atoms with Gasteiger partial charge in [0.1, 0.15) is 11.5 Å². The maximum absolute atomic E-state index is 13.1. The van der Waals surface area contributed by atoms with Crippen LogP contribution in [0.2, 0.25) is 0 Å². The smallest absolute Gasteiger partial charge is 0.257 e. The highest BCUT2D eigenvalue weighted by atomic mass is 16.5. The van der Waals surface area contributed by atoms with Crippen LogP contribution in [-0.2, 0) is 4.79 Å². The number of rotatable bonds is 12. The van der Waals surface area contributed by atoms with Gasteiger partial charge < -0.3 is 14.8 Å². The number of ether oxygens (including phenoxy) is 2. The Balaban J connectivity index is 1.53. The van der Waals surface area contributed by atoms with Gasteiger partial charge in [-0.2, -0.15) is 5.10 Å². The van der Waals surface area contributed by atoms with E-state index in [1.54, 1.807) is 44.7 Å². The molecule has 1 saturated heterocycles. The fraction of sp³-hybridized carbons (Fsp3) is 0.444. The number of hydrogen-bond acceptors (Lipinski definition) is 6. The third kappa shape index (κ3) is 8.10. The molecule has 1 aliphatic heterocycles. The second-order valence-electron chi connectivity index (χ2n) is 8.57. The van der Waals surface area contributed by atoms with Gasteiger partial charge in [-0.25, -0.2) is 5.43 Å². The Hall–Kier alpha value is -3.39. The molecule has 1 aliphatic rings. The summed E-state index contributed by atoms with van der Waals surface area (Å²) in [6.07, 6.45) is 7.32. The summed E-state index contributed by atoms with van der Waals surface area (Å²) in [6, 6.07) is 14.4. The minimum absolute atomic E-state index is 0.0711. The van der Waals surface area contributed by atoms with Crippen molar-refractivity contribution >= 4 is 18.0 Å². The van der Waals surface area contributed by atoms with Gasteiger partial charge in [-0.05, 0) is 75.5 Å². The average Bonchev–Trinajstić information content (AvgIpc) is 2.91. The van der Waals surface area contributed by atoms with Crippen molar-refractivity contribution < 1.29 is 19.1 Å². The second-order valence-corrected chi connectivity index (χ2v) is 8.57. The Morgan fingerprint density at radius 3 is 2.51 bits per heavy atom. The Morgan fingerprint density at radius 1 is 1.03 bits per heavy atom. The lowest BCUT2D eigenvalue weighted by atomic mass is 10.0. The van der Waals surface area contributed by atoms with Crippen LogP contribution < -0.4 is 20.2 Å². The molecule has 8 nitrogen and oxygen atoms in total. The van der Waals surface area contributed by atoms with E-state index in [1.807, 2.05) is 24.3 Å². The first-order valence-electron chi connectivity index (χ1n) is 12.2. The van der Waals surface area contributed by atoms with Crippen LogP contribution in [-0.4, -0.2) is 62.8 Å². The molecule has 188 valence electrons. The molecule has 3 rings (SSSR count). The van der Waals surface area contributed by atoms with Crippen LogP contribution in [0.5, 0.6) is 11.5 Å². The van der Waals surface area contributed by atoms with Crippen molar-refractivity contribution in [3.05, 3.63) is 59.7 Å². The molecule has 0 radical (unpaired) electrons. The minimum atomic E-state index is -0.246. The maximum atomic E-state index is 13.1. The van der Waals surface area contributed by atoms with Gasteiger partial charge in [-0.15, -0.1) is 0 Å². The highest BCUT2D eigenvalue weighted by Crippen LogP contribution is 2.22. The molecule has 0 aliphatic carbocycles. The van der Waals surface area contributed by atoms with Crippen LogP contribution in [0.25, 0.3) is 0 Å². The number of hydrazone groups is 1. The van der Waals surface area contributed by atoms with Gasteiger partial charge in [0.05, 0.1) is 26.5 Å². The molecule has 0 saturated carbocycles. The van der Waals surface area contributed by atoms with Crippen molar-refractivity contribution in [1.29, 1.82) is 0 Å². The first-order chi connectivity index (χ1) is 17.1. The first kappa shape index (κ1) is 26.2. The van der Waals surface area contributed by atoms with E-state index in [0.29, 0.717) is 30.0 Å². The molecule has 8 heteroatoms. The summed E-state index contributed by atoms with van der Waals surface area (Å²) in [5.74, 6) is 1.15. The molecule has 1 atom stereocenters. The molecule has 1 heterocycles. The van der Waals surface area contributed by atoms with E-state index < -0.39 is 0 Å². The Kier molecular flexibility index (Phi) is 10.6. The third-order valence-electron chi connectivity index (χ3n) is 6.18. The summed E-state index contributed by atoms with van der Waals surface area (Å²) in [6.45, 7) is 2.41. The topological polar surface area (TPSA) is 92.3 Å². The summed E-state index contributed by atoms with van der Waals surface area (Å²) >= 11 is 0. The predicted octanol–water partition coefficient (Wildman–Crippen LogP) is 3.61. The van der Waals surface area contributed by atoms with Crippen molar-refractivity contribution in [2.45, 2.75) is 44.6 Å². The quantitative estimate of drug-likeness (QED) is 0.275. The number of unbranched alkanes of at least 4 members (excludes halogenated alkanes) is 1. The summed E-state index contributed by atoms with van der Waals surface area (Å²) in [5, 5.41) is 7.15. The van der Waals surface area contributed by atoms with E-state index in [0.717, 1.165) is 44.3 Å². The van der Waals surface area contributed by atoms with E-state index >= 15 is 0 Å². The van der Waals surface area contributed by atoms with Crippen molar-refractivity contribution in [2.24, 2.45) is 5.10 Å². The zero-order valence-corrected chi connectivity index (χ0v) is 20.7. The lowest BCUT2D eigenvalue weighted by Gasteiger charge is -2.33. The number of nitrogens with zero attached hydrogens (tertiary/aromatic N) is 2. The Labute approximate surface area is 207 Å². The normalized spacial score (nSPS) is 14.9. The van der Waals surface area contributed by atoms with Gasteiger partial charge in [-0.3, -0.25) is 14.5 Å². The number of carbonyl (C=O) groups is 2. The molecule has 1 unspecified atom stereocenters. The molecule has 2 amide bonds. The van der Waals surface area contributed by atoms with E-state index in [4.69, 9.17) is 9.47 Å². The molecule has 1 fully saturated rings. The largest absolute Gasteiger partial charge is 0.497 e. The standard InChI is InChI=1S/C27H36N4O4/c1-34-23-14-15-25(35-2)22(19-23)20-29-30-27(33)24(31-17-9-4-10-18-31)13-7-8-16-28-26(32)21-11-5-3-6-12-21/h3,5-6,11-12,14-15,19-20,24H,4,7-10,13,16-18H2,1-2H3,(H,28,32)(H,30,33)/b29-20+. The predicted molar refractivity (Wildman–Crippen MR) is 137 cm³/mol. The molecule has 2 aromatic rings. The molecule has 0 aromatic heterocycles. The van der Waals surface area contributed by atoms with Crippen molar-refractivity contribution in [3.63, 3.8) is 0 Å². The SMILES string of the molecule is COc1ccc(OC)c(/C=N/NC(=O)C(CCCCNC(=O)c2ccccc2)N2CCCCC2)c1. The summed E-state index contributed by atoms with van der Waals surface area (Å²) < 4.78 is 10.6. The number of amides is 2. The number of piperidine rings is 1. The Morgan fingerprint density at radius 2 is 1.80 bits per heavy atom. The van der Waals surface area contributed by atoms with Crippen molar-refractivity contribution in [2.75, 3.05) is 33.9 Å². The highest BCUT2D eigenvalue weighted by molar-refractivity contribution is 5.94. The number of carbonyl (C=O) groups excluding carboxylic acids is 2. The number of methoxy groups -OCH3 is 2. The van der Waals surface area contributed by atoms with Crippen molar-refractivity contribution in [3.8, 4) is 11.5 Å². The second kappa shape index (κ2) is 14.1. The third-order valence-corrected chi connectivity index (χ3v) is 6.18. The van der Waals surface area contributed by atoms with Crippen LogP contribution in [0.15, 0.2) is 53.6 Å². The van der Waals surface area contributed by atoms with Crippen LogP contribution in [0.1, 0.15) is 54.4 Å². The average molecular weight is 481 g/mol. The fourth-order valence-electron chi connectivity index (χ4n) is 4.25.